The molecule has 5 rings (SSSR count). The average Bonchev–Trinajstić information content (AvgIpc) is 3.19. The molecular weight excluding hydrogens is 389 g/mol. The van der Waals surface area contributed by atoms with Crippen LogP contribution in [0.1, 0.15) is 5.56 Å². The molecule has 5 aromatic rings. The fourth-order valence-corrected chi connectivity index (χ4v) is 3.73. The van der Waals surface area contributed by atoms with E-state index in [-0.39, 0.29) is 5.82 Å². The zero-order valence-electron chi connectivity index (χ0n) is 17.0. The quantitative estimate of drug-likeness (QED) is 0.359. The van der Waals surface area contributed by atoms with E-state index in [4.69, 9.17) is 9.72 Å². The van der Waals surface area contributed by atoms with Gasteiger partial charge in [0.25, 0.3) is 0 Å². The summed E-state index contributed by atoms with van der Waals surface area (Å²) in [6, 6.07) is 26.7. The van der Waals surface area contributed by atoms with Crippen molar-refractivity contribution >= 4 is 11.2 Å². The van der Waals surface area contributed by atoms with Crippen LogP contribution in [-0.2, 0) is 6.54 Å². The maximum atomic E-state index is 14.5. The highest BCUT2D eigenvalue weighted by atomic mass is 19.1. The Morgan fingerprint density at radius 3 is 2.42 bits per heavy atom. The van der Waals surface area contributed by atoms with E-state index in [1.54, 1.807) is 19.2 Å². The van der Waals surface area contributed by atoms with Gasteiger partial charge in [0, 0.05) is 22.9 Å². The van der Waals surface area contributed by atoms with Gasteiger partial charge in [-0.1, -0.05) is 60.7 Å². The summed E-state index contributed by atoms with van der Waals surface area (Å²) in [6.45, 7) is 0.343. The van der Waals surface area contributed by atoms with E-state index in [9.17, 15) is 4.39 Å². The van der Waals surface area contributed by atoms with Crippen molar-refractivity contribution in [2.45, 2.75) is 6.54 Å². The Kier molecular flexibility index (Phi) is 4.92. The van der Waals surface area contributed by atoms with E-state index in [2.05, 4.69) is 11.1 Å². The second-order valence-electron chi connectivity index (χ2n) is 7.28. The van der Waals surface area contributed by atoms with E-state index < -0.39 is 0 Å². The van der Waals surface area contributed by atoms with E-state index in [0.29, 0.717) is 17.8 Å². The molecule has 0 radical (unpaired) electrons. The number of hydrogen-bond donors (Lipinski definition) is 0. The fourth-order valence-electron chi connectivity index (χ4n) is 3.73. The van der Waals surface area contributed by atoms with E-state index in [0.717, 1.165) is 33.8 Å². The van der Waals surface area contributed by atoms with Crippen LogP contribution in [0.2, 0.25) is 0 Å². The van der Waals surface area contributed by atoms with Crippen molar-refractivity contribution in [2.75, 3.05) is 7.11 Å². The molecule has 0 saturated heterocycles. The van der Waals surface area contributed by atoms with Crippen LogP contribution in [0.15, 0.2) is 91.1 Å². The molecule has 152 valence electrons. The first-order valence-corrected chi connectivity index (χ1v) is 10.0. The largest absolute Gasteiger partial charge is 0.497 e. The predicted octanol–water partition coefficient (Wildman–Crippen LogP) is 5.96. The number of benzene rings is 3. The SMILES string of the molecule is COc1cccc(-c2nc3ncc(-c4ccccc4)cc3n2Cc2ccccc2F)c1. The van der Waals surface area contributed by atoms with E-state index in [1.165, 1.54) is 6.07 Å². The van der Waals surface area contributed by atoms with Crippen molar-refractivity contribution in [3.63, 3.8) is 0 Å². The molecule has 0 aliphatic rings. The van der Waals surface area contributed by atoms with Crippen molar-refractivity contribution in [2.24, 2.45) is 0 Å². The summed E-state index contributed by atoms with van der Waals surface area (Å²) in [6.07, 6.45) is 1.83. The number of halogens is 1. The minimum Gasteiger partial charge on any atom is -0.497 e. The molecule has 0 spiro atoms. The maximum absolute atomic E-state index is 14.5. The predicted molar refractivity (Wildman–Crippen MR) is 120 cm³/mol. The molecule has 0 amide bonds. The topological polar surface area (TPSA) is 39.9 Å². The number of pyridine rings is 1. The van der Waals surface area contributed by atoms with Crippen molar-refractivity contribution < 1.29 is 9.13 Å². The van der Waals surface area contributed by atoms with Gasteiger partial charge >= 0.3 is 0 Å². The van der Waals surface area contributed by atoms with Gasteiger partial charge in [-0.25, -0.2) is 14.4 Å². The normalized spacial score (nSPS) is 11.0. The molecule has 0 aliphatic heterocycles. The molecular formula is C26H20FN3O. The lowest BCUT2D eigenvalue weighted by Gasteiger charge is -2.11. The van der Waals surface area contributed by atoms with Crippen molar-refractivity contribution in [1.82, 2.24) is 14.5 Å². The van der Waals surface area contributed by atoms with E-state index >= 15 is 0 Å². The summed E-state index contributed by atoms with van der Waals surface area (Å²) in [5.74, 6) is 1.21. The smallest absolute Gasteiger partial charge is 0.178 e. The third-order valence-electron chi connectivity index (χ3n) is 5.33. The Balaban J connectivity index is 1.72. The molecule has 3 aromatic carbocycles. The Morgan fingerprint density at radius 1 is 0.839 bits per heavy atom. The third-order valence-corrected chi connectivity index (χ3v) is 5.33. The number of methoxy groups -OCH3 is 1. The number of rotatable bonds is 5. The molecule has 31 heavy (non-hydrogen) atoms. The molecule has 0 bridgehead atoms. The molecule has 2 aromatic heterocycles. The van der Waals surface area contributed by atoms with E-state index in [1.807, 2.05) is 71.4 Å². The summed E-state index contributed by atoms with van der Waals surface area (Å²) in [7, 11) is 1.63. The van der Waals surface area contributed by atoms with Crippen molar-refractivity contribution in [1.29, 1.82) is 0 Å². The average molecular weight is 409 g/mol. The Labute approximate surface area is 179 Å². The van der Waals surface area contributed by atoms with Gasteiger partial charge in [0.2, 0.25) is 0 Å². The minimum atomic E-state index is -0.242. The summed E-state index contributed by atoms with van der Waals surface area (Å²) >= 11 is 0. The zero-order chi connectivity index (χ0) is 21.2. The van der Waals surface area contributed by atoms with Gasteiger partial charge in [-0.2, -0.15) is 0 Å². The van der Waals surface area contributed by atoms with Crippen molar-refractivity contribution in [3.05, 3.63) is 103 Å². The number of aromatic nitrogens is 3. The molecule has 0 atom stereocenters. The van der Waals surface area contributed by atoms with Crippen LogP contribution in [0.3, 0.4) is 0 Å². The van der Waals surface area contributed by atoms with Gasteiger partial charge < -0.3 is 9.30 Å². The molecule has 0 aliphatic carbocycles. The van der Waals surface area contributed by atoms with Crippen molar-refractivity contribution in [3.8, 4) is 28.3 Å². The van der Waals surface area contributed by atoms with Gasteiger partial charge in [0.05, 0.1) is 19.2 Å². The monoisotopic (exact) mass is 409 g/mol. The van der Waals surface area contributed by atoms with Gasteiger partial charge in [0.1, 0.15) is 17.4 Å². The second-order valence-corrected chi connectivity index (χ2v) is 7.28. The molecule has 0 N–H and O–H groups in total. The van der Waals surface area contributed by atoms with Crippen LogP contribution in [0.4, 0.5) is 4.39 Å². The third kappa shape index (κ3) is 3.66. The first-order valence-electron chi connectivity index (χ1n) is 10.0. The molecule has 2 heterocycles. The lowest BCUT2D eigenvalue weighted by Crippen LogP contribution is -2.04. The molecule has 0 fully saturated rings. The summed E-state index contributed by atoms with van der Waals surface area (Å²) < 4.78 is 21.9. The van der Waals surface area contributed by atoms with Crippen LogP contribution in [0.25, 0.3) is 33.7 Å². The first-order chi connectivity index (χ1) is 15.2. The molecule has 0 unspecified atom stereocenters. The highest BCUT2D eigenvalue weighted by molar-refractivity contribution is 5.82. The van der Waals surface area contributed by atoms with Crippen LogP contribution in [0, 0.1) is 5.82 Å². The standard InChI is InChI=1S/C26H20FN3O/c1-31-22-12-7-11-19(14-22)26-29-25-24(30(26)17-20-10-5-6-13-23(20)27)15-21(16-28-25)18-8-3-2-4-9-18/h2-16H,17H2,1H3. The number of nitrogens with zero attached hydrogens (tertiary/aromatic N) is 3. The summed E-state index contributed by atoms with van der Waals surface area (Å²) in [4.78, 5) is 9.41. The van der Waals surface area contributed by atoms with Gasteiger partial charge in [-0.3, -0.25) is 0 Å². The Morgan fingerprint density at radius 2 is 1.61 bits per heavy atom. The lowest BCUT2D eigenvalue weighted by atomic mass is 10.1. The maximum Gasteiger partial charge on any atom is 0.178 e. The van der Waals surface area contributed by atoms with Gasteiger partial charge in [-0.05, 0) is 29.8 Å². The summed E-state index contributed by atoms with van der Waals surface area (Å²) in [5.41, 5.74) is 5.00. The first kappa shape index (κ1) is 19.0. The zero-order valence-corrected chi connectivity index (χ0v) is 17.0. The number of imidazole rings is 1. The number of ether oxygens (including phenoxy) is 1. The lowest BCUT2D eigenvalue weighted by molar-refractivity contribution is 0.415. The highest BCUT2D eigenvalue weighted by Crippen LogP contribution is 2.30. The van der Waals surface area contributed by atoms with Crippen LogP contribution >= 0.6 is 0 Å². The van der Waals surface area contributed by atoms with Crippen LogP contribution < -0.4 is 4.74 Å². The Bertz CT molecular complexity index is 1360. The molecule has 4 nitrogen and oxygen atoms in total. The summed E-state index contributed by atoms with van der Waals surface area (Å²) in [5, 5.41) is 0. The highest BCUT2D eigenvalue weighted by Gasteiger charge is 2.17. The minimum absolute atomic E-state index is 0.242. The second kappa shape index (κ2) is 8.03. The molecule has 0 saturated carbocycles. The van der Waals surface area contributed by atoms with Crippen LogP contribution in [0.5, 0.6) is 5.75 Å². The van der Waals surface area contributed by atoms with Gasteiger partial charge in [0.15, 0.2) is 5.65 Å². The molecule has 5 heteroatoms. The van der Waals surface area contributed by atoms with Crippen LogP contribution in [-0.4, -0.2) is 21.6 Å². The fraction of sp³-hybridized carbons (Fsp3) is 0.0769. The number of fused-ring (bicyclic) bond motifs is 1. The Hall–Kier alpha value is -3.99. The van der Waals surface area contributed by atoms with Gasteiger partial charge in [-0.15, -0.1) is 0 Å². The number of hydrogen-bond acceptors (Lipinski definition) is 3.